The minimum atomic E-state index is 0.445. The Morgan fingerprint density at radius 1 is 0.941 bits per heavy atom. The molecule has 4 unspecified atom stereocenters. The van der Waals surface area contributed by atoms with Crippen LogP contribution in [0.5, 0.6) is 0 Å². The fourth-order valence-electron chi connectivity index (χ4n) is 4.37. The van der Waals surface area contributed by atoms with Gasteiger partial charge in [0, 0.05) is 0 Å². The minimum absolute atomic E-state index is 0.445. The third kappa shape index (κ3) is 1.86. The first-order chi connectivity index (χ1) is 8.08. The maximum absolute atomic E-state index is 5.71. The molecule has 1 fully saturated rings. The van der Waals surface area contributed by atoms with Gasteiger partial charge in [-0.15, -0.1) is 0 Å². The van der Waals surface area contributed by atoms with E-state index in [0.29, 0.717) is 10.8 Å². The number of nitrogens with two attached hydrogens (primary N) is 2. The molecule has 0 spiro atoms. The normalized spacial score (nSPS) is 43.5. The van der Waals surface area contributed by atoms with Crippen LogP contribution in [0.15, 0.2) is 12.2 Å². The maximum atomic E-state index is 5.71. The zero-order valence-corrected chi connectivity index (χ0v) is 11.4. The standard InChI is InChI=1S/C15H28N2/c1-14(7-3-9-16)12-5-6-13(11-12)15(14,2)8-4-10-17/h5-6,12-13H,3-4,7-11,16-17H2,1-2H3. The highest BCUT2D eigenvalue weighted by Crippen LogP contribution is 2.66. The molecule has 4 N–H and O–H groups in total. The first kappa shape index (κ1) is 13.1. The summed E-state index contributed by atoms with van der Waals surface area (Å²) >= 11 is 0. The van der Waals surface area contributed by atoms with Crippen molar-refractivity contribution in [3.63, 3.8) is 0 Å². The van der Waals surface area contributed by atoms with E-state index in [2.05, 4.69) is 26.0 Å². The summed E-state index contributed by atoms with van der Waals surface area (Å²) in [5, 5.41) is 0. The Kier molecular flexibility index (Phi) is 3.65. The van der Waals surface area contributed by atoms with Gasteiger partial charge in [0.2, 0.25) is 0 Å². The van der Waals surface area contributed by atoms with E-state index in [4.69, 9.17) is 11.5 Å². The predicted molar refractivity (Wildman–Crippen MR) is 73.5 cm³/mol. The average molecular weight is 236 g/mol. The van der Waals surface area contributed by atoms with Crippen LogP contribution in [0.2, 0.25) is 0 Å². The van der Waals surface area contributed by atoms with Crippen LogP contribution in [-0.2, 0) is 0 Å². The van der Waals surface area contributed by atoms with Gasteiger partial charge >= 0.3 is 0 Å². The Hall–Kier alpha value is -0.340. The van der Waals surface area contributed by atoms with Crippen molar-refractivity contribution in [3.05, 3.63) is 12.2 Å². The first-order valence-corrected chi connectivity index (χ1v) is 7.17. The predicted octanol–water partition coefficient (Wildman–Crippen LogP) is 2.68. The van der Waals surface area contributed by atoms with Gasteiger partial charge < -0.3 is 11.5 Å². The molecule has 2 aliphatic rings. The first-order valence-electron chi connectivity index (χ1n) is 7.17. The summed E-state index contributed by atoms with van der Waals surface area (Å²) < 4.78 is 0. The molecule has 1 saturated carbocycles. The van der Waals surface area contributed by atoms with E-state index in [0.717, 1.165) is 37.8 Å². The van der Waals surface area contributed by atoms with Crippen molar-refractivity contribution in [1.82, 2.24) is 0 Å². The molecular formula is C15H28N2. The molecule has 2 heteroatoms. The average Bonchev–Trinajstić information content (AvgIpc) is 2.88. The Morgan fingerprint density at radius 2 is 1.35 bits per heavy atom. The highest BCUT2D eigenvalue weighted by Gasteiger charge is 2.59. The summed E-state index contributed by atoms with van der Waals surface area (Å²) in [6.45, 7) is 6.63. The van der Waals surface area contributed by atoms with Gasteiger partial charge in [-0.2, -0.15) is 0 Å². The Balaban J connectivity index is 2.18. The summed E-state index contributed by atoms with van der Waals surface area (Å²) in [5.41, 5.74) is 12.3. The minimum Gasteiger partial charge on any atom is -0.330 e. The second-order valence-electron chi connectivity index (χ2n) is 6.45. The van der Waals surface area contributed by atoms with E-state index >= 15 is 0 Å². The third-order valence-corrected chi connectivity index (χ3v) is 5.83. The summed E-state index contributed by atoms with van der Waals surface area (Å²) in [5.74, 6) is 1.56. The van der Waals surface area contributed by atoms with Crippen molar-refractivity contribution >= 4 is 0 Å². The maximum Gasteiger partial charge on any atom is -0.00771 e. The lowest BCUT2D eigenvalue weighted by Gasteiger charge is -2.48. The van der Waals surface area contributed by atoms with E-state index < -0.39 is 0 Å². The number of rotatable bonds is 6. The van der Waals surface area contributed by atoms with E-state index in [1.807, 2.05) is 0 Å². The van der Waals surface area contributed by atoms with Gasteiger partial charge in [0.15, 0.2) is 0 Å². The van der Waals surface area contributed by atoms with Crippen molar-refractivity contribution < 1.29 is 0 Å². The van der Waals surface area contributed by atoms with Gasteiger partial charge in [0.25, 0.3) is 0 Å². The zero-order valence-electron chi connectivity index (χ0n) is 11.4. The molecule has 0 heterocycles. The topological polar surface area (TPSA) is 52.0 Å². The molecule has 0 saturated heterocycles. The highest BCUT2D eigenvalue weighted by atomic mass is 14.6. The van der Waals surface area contributed by atoms with Gasteiger partial charge in [-0.25, -0.2) is 0 Å². The van der Waals surface area contributed by atoms with Crippen LogP contribution in [0, 0.1) is 22.7 Å². The van der Waals surface area contributed by atoms with Crippen LogP contribution in [0.4, 0.5) is 0 Å². The second kappa shape index (κ2) is 4.74. The van der Waals surface area contributed by atoms with E-state index in [-0.39, 0.29) is 0 Å². The molecule has 0 aromatic carbocycles. The van der Waals surface area contributed by atoms with Crippen LogP contribution in [0.1, 0.15) is 46.0 Å². The van der Waals surface area contributed by atoms with Gasteiger partial charge in [-0.05, 0) is 67.9 Å². The molecule has 4 atom stereocenters. The van der Waals surface area contributed by atoms with Gasteiger partial charge in [0.1, 0.15) is 0 Å². The molecule has 17 heavy (non-hydrogen) atoms. The van der Waals surface area contributed by atoms with Crippen LogP contribution in [-0.4, -0.2) is 13.1 Å². The summed E-state index contributed by atoms with van der Waals surface area (Å²) in [4.78, 5) is 0. The van der Waals surface area contributed by atoms with Crippen molar-refractivity contribution in [3.8, 4) is 0 Å². The molecule has 0 radical (unpaired) electrons. The lowest BCUT2D eigenvalue weighted by molar-refractivity contribution is 0.0339. The Morgan fingerprint density at radius 3 is 1.71 bits per heavy atom. The SMILES string of the molecule is CC1(CCCN)C2C=CC(C2)C1(C)CCCN. The van der Waals surface area contributed by atoms with E-state index in [1.165, 1.54) is 19.3 Å². The van der Waals surface area contributed by atoms with E-state index in [9.17, 15) is 0 Å². The van der Waals surface area contributed by atoms with Crippen molar-refractivity contribution in [2.45, 2.75) is 46.0 Å². The molecule has 0 aromatic heterocycles. The molecule has 2 rings (SSSR count). The number of fused-ring (bicyclic) bond motifs is 2. The molecule has 98 valence electrons. The van der Waals surface area contributed by atoms with E-state index in [1.54, 1.807) is 0 Å². The number of hydrogen-bond donors (Lipinski definition) is 2. The molecule has 2 nitrogen and oxygen atoms in total. The third-order valence-electron chi connectivity index (χ3n) is 5.83. The van der Waals surface area contributed by atoms with Crippen LogP contribution < -0.4 is 11.5 Å². The highest BCUT2D eigenvalue weighted by molar-refractivity contribution is 5.22. The van der Waals surface area contributed by atoms with Gasteiger partial charge in [-0.3, -0.25) is 0 Å². The summed E-state index contributed by atoms with van der Waals surface area (Å²) in [6, 6.07) is 0. The summed E-state index contributed by atoms with van der Waals surface area (Å²) in [7, 11) is 0. The summed E-state index contributed by atoms with van der Waals surface area (Å²) in [6.07, 6.45) is 11.2. The molecule has 0 amide bonds. The lowest BCUT2D eigenvalue weighted by atomic mass is 9.56. The number of allylic oxidation sites excluding steroid dienone is 2. The van der Waals surface area contributed by atoms with Gasteiger partial charge in [-0.1, -0.05) is 26.0 Å². The van der Waals surface area contributed by atoms with Crippen molar-refractivity contribution in [2.75, 3.05) is 13.1 Å². The lowest BCUT2D eigenvalue weighted by Crippen LogP contribution is -2.41. The van der Waals surface area contributed by atoms with Crippen LogP contribution in [0.25, 0.3) is 0 Å². The quantitative estimate of drug-likeness (QED) is 0.697. The van der Waals surface area contributed by atoms with Crippen LogP contribution >= 0.6 is 0 Å². The molecular weight excluding hydrogens is 208 g/mol. The monoisotopic (exact) mass is 236 g/mol. The Labute approximate surface area is 106 Å². The Bertz CT molecular complexity index is 271. The van der Waals surface area contributed by atoms with Gasteiger partial charge in [0.05, 0.1) is 0 Å². The van der Waals surface area contributed by atoms with Crippen LogP contribution in [0.3, 0.4) is 0 Å². The second-order valence-corrected chi connectivity index (χ2v) is 6.45. The largest absolute Gasteiger partial charge is 0.330 e. The fourth-order valence-corrected chi connectivity index (χ4v) is 4.37. The van der Waals surface area contributed by atoms with Crippen molar-refractivity contribution in [1.29, 1.82) is 0 Å². The zero-order chi connectivity index (χ0) is 12.5. The fraction of sp³-hybridized carbons (Fsp3) is 0.867. The molecule has 2 bridgehead atoms. The molecule has 2 aliphatic carbocycles. The smallest absolute Gasteiger partial charge is 0.00771 e. The molecule has 0 aromatic rings. The number of hydrogen-bond acceptors (Lipinski definition) is 2. The van der Waals surface area contributed by atoms with Crippen molar-refractivity contribution in [2.24, 2.45) is 34.1 Å². The molecule has 0 aliphatic heterocycles.